The van der Waals surface area contributed by atoms with Crippen molar-refractivity contribution in [1.82, 2.24) is 25.9 Å². The number of hydrogen-bond donors (Lipinski definition) is 4. The number of nitrogens with one attached hydrogen (secondary N) is 4. The number of hydrogen-bond acceptors (Lipinski definition) is 6. The predicted molar refractivity (Wildman–Crippen MR) is 115 cm³/mol. The summed E-state index contributed by atoms with van der Waals surface area (Å²) in [5, 5.41) is 17.4. The smallest absolute Gasteiger partial charge is 0.387 e. The first-order valence-corrected chi connectivity index (χ1v) is 11.1. The average Bonchev–Trinajstić information content (AvgIpc) is 3.35. The van der Waals surface area contributed by atoms with E-state index in [-0.39, 0.29) is 41.3 Å². The molecule has 2 fully saturated rings. The van der Waals surface area contributed by atoms with E-state index in [2.05, 4.69) is 30.7 Å². The highest BCUT2D eigenvalue weighted by atomic mass is 19.3. The van der Waals surface area contributed by atoms with Gasteiger partial charge in [0.2, 0.25) is 11.8 Å². The third-order valence-corrected chi connectivity index (χ3v) is 5.95. The molecule has 10 nitrogen and oxygen atoms in total. The van der Waals surface area contributed by atoms with Crippen molar-refractivity contribution in [2.24, 2.45) is 11.8 Å². The summed E-state index contributed by atoms with van der Waals surface area (Å²) in [5.41, 5.74) is 0.390. The Kier molecular flexibility index (Phi) is 6.90. The van der Waals surface area contributed by atoms with E-state index in [4.69, 9.17) is 0 Å². The van der Waals surface area contributed by atoms with E-state index < -0.39 is 30.5 Å². The summed E-state index contributed by atoms with van der Waals surface area (Å²) in [7, 11) is 0. The fourth-order valence-corrected chi connectivity index (χ4v) is 4.02. The normalized spacial score (nSPS) is 19.4. The van der Waals surface area contributed by atoms with E-state index in [0.717, 1.165) is 12.8 Å². The Balaban J connectivity index is 1.45. The van der Waals surface area contributed by atoms with Crippen LogP contribution in [0.15, 0.2) is 18.2 Å². The number of carbonyl (C=O) groups is 3. The molecule has 2 aliphatic rings. The van der Waals surface area contributed by atoms with Crippen LogP contribution in [0.5, 0.6) is 5.75 Å². The Morgan fingerprint density at radius 3 is 2.68 bits per heavy atom. The Hall–Kier alpha value is -3.75. The molecule has 1 aliphatic carbocycles. The maximum atomic E-state index is 12.9. The standard InChI is InChI=1S/C22H24F2N6O4/c23-22(24)34-16-3-1-2-14-17(16)30-18(28-14)21(33)29-15(8-11-4-5-11)20(32)27-13(10-25)9-12-6-7-26-19(12)31/h1-3,11-13,15,22H,4-9H2,(H,26,31)(H,27,32)(H,28,30)(H,29,33)/t12-,13-,15-/m0/s1. The van der Waals surface area contributed by atoms with Crippen LogP contribution in [-0.4, -0.2) is 52.9 Å². The molecular weight excluding hydrogens is 450 g/mol. The fraction of sp³-hybridized carbons (Fsp3) is 0.500. The van der Waals surface area contributed by atoms with Gasteiger partial charge in [-0.25, -0.2) is 4.98 Å². The number of para-hydroxylation sites is 1. The molecule has 1 aliphatic heterocycles. The number of alkyl halides is 2. The van der Waals surface area contributed by atoms with Crippen molar-refractivity contribution in [3.63, 3.8) is 0 Å². The SMILES string of the molecule is N#C[C@H](C[C@@H]1CCNC1=O)NC(=O)[C@H](CC1CC1)NC(=O)c1nc2c(OC(F)F)cccc2[nH]1. The molecule has 34 heavy (non-hydrogen) atoms. The predicted octanol–water partition coefficient (Wildman–Crippen LogP) is 1.60. The lowest BCUT2D eigenvalue weighted by molar-refractivity contribution is -0.125. The summed E-state index contributed by atoms with van der Waals surface area (Å²) < 4.78 is 29.8. The van der Waals surface area contributed by atoms with Crippen LogP contribution in [0.4, 0.5) is 8.78 Å². The molecule has 0 bridgehead atoms. The van der Waals surface area contributed by atoms with Crippen LogP contribution in [0.2, 0.25) is 0 Å². The van der Waals surface area contributed by atoms with Gasteiger partial charge in [-0.15, -0.1) is 0 Å². The number of aromatic amines is 1. The van der Waals surface area contributed by atoms with Gasteiger partial charge in [0.25, 0.3) is 5.91 Å². The first-order valence-electron chi connectivity index (χ1n) is 11.1. The molecule has 3 atom stereocenters. The number of amides is 3. The van der Waals surface area contributed by atoms with Gasteiger partial charge < -0.3 is 25.7 Å². The molecule has 1 aromatic carbocycles. The number of halogens is 2. The molecule has 2 heterocycles. The van der Waals surface area contributed by atoms with Gasteiger partial charge in [-0.05, 0) is 37.3 Å². The first kappa shape index (κ1) is 23.4. The maximum Gasteiger partial charge on any atom is 0.387 e. The van der Waals surface area contributed by atoms with E-state index in [9.17, 15) is 28.4 Å². The molecule has 1 saturated heterocycles. The van der Waals surface area contributed by atoms with Gasteiger partial charge >= 0.3 is 6.61 Å². The molecule has 0 radical (unpaired) electrons. The maximum absolute atomic E-state index is 12.9. The Morgan fingerprint density at radius 2 is 2.03 bits per heavy atom. The lowest BCUT2D eigenvalue weighted by atomic mass is 9.98. The van der Waals surface area contributed by atoms with Crippen molar-refractivity contribution in [2.45, 2.75) is 50.8 Å². The number of fused-ring (bicyclic) bond motifs is 1. The number of aromatic nitrogens is 2. The molecule has 3 amide bonds. The van der Waals surface area contributed by atoms with Gasteiger partial charge in [0.05, 0.1) is 11.6 Å². The zero-order valence-electron chi connectivity index (χ0n) is 18.1. The molecule has 4 rings (SSSR count). The largest absolute Gasteiger partial charge is 0.432 e. The third-order valence-electron chi connectivity index (χ3n) is 5.95. The highest BCUT2D eigenvalue weighted by molar-refractivity contribution is 5.98. The molecule has 2 aromatic rings. The van der Waals surface area contributed by atoms with Crippen LogP contribution in [0.3, 0.4) is 0 Å². The lowest BCUT2D eigenvalue weighted by Crippen LogP contribution is -2.50. The Morgan fingerprint density at radius 1 is 1.24 bits per heavy atom. The minimum atomic E-state index is -3.05. The number of imidazole rings is 1. The van der Waals surface area contributed by atoms with Crippen LogP contribution < -0.4 is 20.7 Å². The van der Waals surface area contributed by atoms with Crippen LogP contribution in [0.25, 0.3) is 11.0 Å². The number of ether oxygens (including phenoxy) is 1. The molecule has 180 valence electrons. The number of nitrogens with zero attached hydrogens (tertiary/aromatic N) is 2. The molecule has 4 N–H and O–H groups in total. The highest BCUT2D eigenvalue weighted by Crippen LogP contribution is 2.33. The first-order chi connectivity index (χ1) is 16.3. The zero-order chi connectivity index (χ0) is 24.2. The minimum Gasteiger partial charge on any atom is -0.432 e. The second-order valence-corrected chi connectivity index (χ2v) is 8.52. The van der Waals surface area contributed by atoms with Gasteiger partial charge in [-0.3, -0.25) is 14.4 Å². The monoisotopic (exact) mass is 474 g/mol. The molecule has 1 saturated carbocycles. The molecule has 0 unspecified atom stereocenters. The highest BCUT2D eigenvalue weighted by Gasteiger charge is 2.33. The van der Waals surface area contributed by atoms with Crippen molar-refractivity contribution in [2.75, 3.05) is 6.54 Å². The van der Waals surface area contributed by atoms with Gasteiger partial charge in [-0.1, -0.05) is 18.9 Å². The molecule has 1 aromatic heterocycles. The van der Waals surface area contributed by atoms with Crippen LogP contribution >= 0.6 is 0 Å². The van der Waals surface area contributed by atoms with E-state index in [1.807, 2.05) is 6.07 Å². The number of carbonyl (C=O) groups excluding carboxylic acids is 3. The van der Waals surface area contributed by atoms with E-state index in [1.165, 1.54) is 12.1 Å². The fourth-order valence-electron chi connectivity index (χ4n) is 4.02. The van der Waals surface area contributed by atoms with Crippen LogP contribution in [-0.2, 0) is 9.59 Å². The van der Waals surface area contributed by atoms with Gasteiger partial charge in [0, 0.05) is 12.5 Å². The van der Waals surface area contributed by atoms with Gasteiger partial charge in [-0.2, -0.15) is 14.0 Å². The van der Waals surface area contributed by atoms with Crippen molar-refractivity contribution in [3.05, 3.63) is 24.0 Å². The van der Waals surface area contributed by atoms with Crippen LogP contribution in [0, 0.1) is 23.2 Å². The zero-order valence-corrected chi connectivity index (χ0v) is 18.1. The number of benzene rings is 1. The molecule has 0 spiro atoms. The quantitative estimate of drug-likeness (QED) is 0.411. The summed E-state index contributed by atoms with van der Waals surface area (Å²) in [6, 6.07) is 4.57. The van der Waals surface area contributed by atoms with Gasteiger partial charge in [0.1, 0.15) is 17.6 Å². The Labute approximate surface area is 193 Å². The lowest BCUT2D eigenvalue weighted by Gasteiger charge is -2.21. The van der Waals surface area contributed by atoms with Gasteiger partial charge in [0.15, 0.2) is 11.6 Å². The summed E-state index contributed by atoms with van der Waals surface area (Å²) in [4.78, 5) is 44.4. The Bertz CT molecular complexity index is 1130. The van der Waals surface area contributed by atoms with Crippen molar-refractivity contribution in [3.8, 4) is 11.8 Å². The minimum absolute atomic E-state index is 0.0653. The summed E-state index contributed by atoms with van der Waals surface area (Å²) in [6.07, 6.45) is 3.04. The van der Waals surface area contributed by atoms with Crippen molar-refractivity contribution < 1.29 is 27.9 Å². The van der Waals surface area contributed by atoms with Crippen molar-refractivity contribution in [1.29, 1.82) is 5.26 Å². The third kappa shape index (κ3) is 5.59. The number of H-pyrrole nitrogens is 1. The second kappa shape index (κ2) is 10.0. The second-order valence-electron chi connectivity index (χ2n) is 8.52. The van der Waals surface area contributed by atoms with Crippen molar-refractivity contribution >= 4 is 28.8 Å². The molecule has 12 heteroatoms. The van der Waals surface area contributed by atoms with E-state index >= 15 is 0 Å². The number of rotatable bonds is 10. The average molecular weight is 474 g/mol. The van der Waals surface area contributed by atoms with E-state index in [0.29, 0.717) is 24.9 Å². The summed E-state index contributed by atoms with van der Waals surface area (Å²) in [6.45, 7) is -2.51. The summed E-state index contributed by atoms with van der Waals surface area (Å²) in [5.74, 6) is -1.76. The number of nitriles is 1. The summed E-state index contributed by atoms with van der Waals surface area (Å²) >= 11 is 0. The van der Waals surface area contributed by atoms with E-state index in [1.54, 1.807) is 6.07 Å². The molecular formula is C22H24F2N6O4. The van der Waals surface area contributed by atoms with Crippen LogP contribution in [0.1, 0.15) is 42.7 Å². The topological polar surface area (TPSA) is 149 Å².